The van der Waals surface area contributed by atoms with Crippen LogP contribution < -0.4 is 15.2 Å². The standard InChI is InChI=1S/C15H24N2O3S/c1-20-15-10-9-13(11-14(15)16)21(18,19)17-12-7-5-3-2-4-6-8-12/h9-12,17H,2-8,16H2,1H3. The first kappa shape index (κ1) is 16.1. The number of hydrogen-bond donors (Lipinski definition) is 2. The maximum absolute atomic E-state index is 12.4. The third kappa shape index (κ3) is 4.35. The molecule has 1 aromatic carbocycles. The molecule has 0 aromatic heterocycles. The normalized spacial score (nSPS) is 18.0. The summed E-state index contributed by atoms with van der Waals surface area (Å²) in [7, 11) is -2.01. The summed E-state index contributed by atoms with van der Waals surface area (Å²) in [5, 5.41) is 0. The zero-order valence-electron chi connectivity index (χ0n) is 12.5. The Labute approximate surface area is 126 Å². The minimum atomic E-state index is -3.52. The molecular formula is C15H24N2O3S. The van der Waals surface area contributed by atoms with Crippen LogP contribution in [0.4, 0.5) is 5.69 Å². The van der Waals surface area contributed by atoms with Gasteiger partial charge in [-0.05, 0) is 31.0 Å². The predicted molar refractivity (Wildman–Crippen MR) is 83.8 cm³/mol. The van der Waals surface area contributed by atoms with Gasteiger partial charge >= 0.3 is 0 Å². The van der Waals surface area contributed by atoms with Gasteiger partial charge in [0, 0.05) is 6.04 Å². The maximum Gasteiger partial charge on any atom is 0.240 e. The first-order valence-electron chi connectivity index (χ1n) is 7.49. The monoisotopic (exact) mass is 312 g/mol. The van der Waals surface area contributed by atoms with E-state index in [9.17, 15) is 8.42 Å². The van der Waals surface area contributed by atoms with Gasteiger partial charge in [-0.2, -0.15) is 0 Å². The molecule has 5 nitrogen and oxygen atoms in total. The molecule has 0 atom stereocenters. The van der Waals surface area contributed by atoms with Gasteiger partial charge in [0.05, 0.1) is 17.7 Å². The van der Waals surface area contributed by atoms with Gasteiger partial charge in [-0.3, -0.25) is 0 Å². The largest absolute Gasteiger partial charge is 0.495 e. The maximum atomic E-state index is 12.4. The van der Waals surface area contributed by atoms with E-state index in [4.69, 9.17) is 10.5 Å². The number of ether oxygens (including phenoxy) is 1. The number of benzene rings is 1. The Hall–Kier alpha value is -1.27. The van der Waals surface area contributed by atoms with Crippen LogP contribution in [0, 0.1) is 0 Å². The minimum Gasteiger partial charge on any atom is -0.495 e. The molecule has 0 saturated heterocycles. The Bertz CT molecular complexity index is 564. The molecule has 3 N–H and O–H groups in total. The molecule has 21 heavy (non-hydrogen) atoms. The summed E-state index contributed by atoms with van der Waals surface area (Å²) in [6.07, 6.45) is 7.61. The smallest absolute Gasteiger partial charge is 0.240 e. The molecule has 118 valence electrons. The molecule has 6 heteroatoms. The molecule has 1 aliphatic carbocycles. The number of rotatable bonds is 4. The van der Waals surface area contributed by atoms with Crippen LogP contribution in [-0.4, -0.2) is 21.6 Å². The van der Waals surface area contributed by atoms with Crippen LogP contribution in [0.2, 0.25) is 0 Å². The minimum absolute atomic E-state index is 0.0265. The Morgan fingerprint density at radius 3 is 2.33 bits per heavy atom. The summed E-state index contributed by atoms with van der Waals surface area (Å²) in [6, 6.07) is 4.59. The van der Waals surface area contributed by atoms with Crippen molar-refractivity contribution in [3.8, 4) is 5.75 Å². The molecule has 0 radical (unpaired) electrons. The highest BCUT2D eigenvalue weighted by atomic mass is 32.2. The molecule has 1 aromatic rings. The fourth-order valence-electron chi connectivity index (χ4n) is 2.74. The Morgan fingerprint density at radius 2 is 1.76 bits per heavy atom. The molecule has 2 rings (SSSR count). The average molecular weight is 312 g/mol. The first-order chi connectivity index (χ1) is 10.0. The van der Waals surface area contributed by atoms with Gasteiger partial charge in [0.15, 0.2) is 0 Å². The number of nitrogens with two attached hydrogens (primary N) is 1. The molecule has 0 bridgehead atoms. The SMILES string of the molecule is COc1ccc(S(=O)(=O)NC2CCCCCCC2)cc1N. The topological polar surface area (TPSA) is 81.4 Å². The Balaban J connectivity index is 2.11. The van der Waals surface area contributed by atoms with E-state index in [1.54, 1.807) is 6.07 Å². The zero-order chi connectivity index (χ0) is 15.3. The molecule has 1 fully saturated rings. The fourth-order valence-corrected chi connectivity index (χ4v) is 4.08. The highest BCUT2D eigenvalue weighted by Gasteiger charge is 2.21. The summed E-state index contributed by atoms with van der Waals surface area (Å²) in [4.78, 5) is 0.197. The molecule has 0 unspecified atom stereocenters. The lowest BCUT2D eigenvalue weighted by molar-refractivity contribution is 0.416. The highest BCUT2D eigenvalue weighted by Crippen LogP contribution is 2.25. The van der Waals surface area contributed by atoms with Gasteiger partial charge in [0.2, 0.25) is 10.0 Å². The lowest BCUT2D eigenvalue weighted by Crippen LogP contribution is -2.35. The van der Waals surface area contributed by atoms with Gasteiger partial charge in [-0.25, -0.2) is 13.1 Å². The molecule has 1 aliphatic rings. The third-order valence-corrected chi connectivity index (χ3v) is 5.46. The van der Waals surface area contributed by atoms with Gasteiger partial charge in [-0.15, -0.1) is 0 Å². The van der Waals surface area contributed by atoms with E-state index < -0.39 is 10.0 Å². The second-order valence-corrected chi connectivity index (χ2v) is 7.28. The molecule has 1 saturated carbocycles. The van der Waals surface area contributed by atoms with E-state index in [1.165, 1.54) is 38.5 Å². The highest BCUT2D eigenvalue weighted by molar-refractivity contribution is 7.89. The van der Waals surface area contributed by atoms with E-state index in [1.807, 2.05) is 0 Å². The Morgan fingerprint density at radius 1 is 1.14 bits per heavy atom. The predicted octanol–water partition coefficient (Wildman–Crippen LogP) is 2.67. The first-order valence-corrected chi connectivity index (χ1v) is 8.97. The summed E-state index contributed by atoms with van der Waals surface area (Å²) in [5.41, 5.74) is 6.12. The average Bonchev–Trinajstić information content (AvgIpc) is 2.41. The van der Waals surface area contributed by atoms with Crippen molar-refractivity contribution < 1.29 is 13.2 Å². The van der Waals surface area contributed by atoms with Gasteiger partial charge in [0.1, 0.15) is 5.75 Å². The number of hydrogen-bond acceptors (Lipinski definition) is 4. The molecular weight excluding hydrogens is 288 g/mol. The fraction of sp³-hybridized carbons (Fsp3) is 0.600. The van der Waals surface area contributed by atoms with Crippen LogP contribution >= 0.6 is 0 Å². The van der Waals surface area contributed by atoms with Crippen molar-refractivity contribution in [1.29, 1.82) is 0 Å². The second kappa shape index (κ2) is 7.13. The van der Waals surface area contributed by atoms with Crippen molar-refractivity contribution in [2.24, 2.45) is 0 Å². The number of anilines is 1. The number of methoxy groups -OCH3 is 1. The van der Waals surface area contributed by atoms with Crippen LogP contribution in [0.3, 0.4) is 0 Å². The van der Waals surface area contributed by atoms with Crippen molar-refractivity contribution in [1.82, 2.24) is 4.72 Å². The summed E-state index contributed by atoms with van der Waals surface area (Å²) in [6.45, 7) is 0. The number of nitrogens with one attached hydrogen (secondary N) is 1. The quantitative estimate of drug-likeness (QED) is 0.838. The van der Waals surface area contributed by atoms with E-state index in [0.29, 0.717) is 11.4 Å². The zero-order valence-corrected chi connectivity index (χ0v) is 13.3. The summed E-state index contributed by atoms with van der Waals surface area (Å²) >= 11 is 0. The van der Waals surface area contributed by atoms with Gasteiger partial charge in [-0.1, -0.05) is 32.1 Å². The van der Waals surface area contributed by atoms with Gasteiger partial charge in [0.25, 0.3) is 0 Å². The van der Waals surface area contributed by atoms with Crippen LogP contribution in [0.15, 0.2) is 23.1 Å². The van der Waals surface area contributed by atoms with E-state index in [-0.39, 0.29) is 10.9 Å². The van der Waals surface area contributed by atoms with Crippen molar-refractivity contribution in [2.45, 2.75) is 55.9 Å². The molecule has 0 amide bonds. The second-order valence-electron chi connectivity index (χ2n) is 5.57. The summed E-state index contributed by atoms with van der Waals surface area (Å²) < 4.78 is 32.8. The lowest BCUT2D eigenvalue weighted by Gasteiger charge is -2.21. The van der Waals surface area contributed by atoms with Gasteiger partial charge < -0.3 is 10.5 Å². The van der Waals surface area contributed by atoms with Crippen LogP contribution in [0.25, 0.3) is 0 Å². The number of nitrogen functional groups attached to an aromatic ring is 1. The van der Waals surface area contributed by atoms with E-state index in [0.717, 1.165) is 25.7 Å². The van der Waals surface area contributed by atoms with Crippen LogP contribution in [-0.2, 0) is 10.0 Å². The molecule has 0 aliphatic heterocycles. The van der Waals surface area contributed by atoms with Crippen LogP contribution in [0.1, 0.15) is 44.9 Å². The molecule has 0 heterocycles. The van der Waals surface area contributed by atoms with Crippen molar-refractivity contribution in [2.75, 3.05) is 12.8 Å². The van der Waals surface area contributed by atoms with Crippen molar-refractivity contribution in [3.05, 3.63) is 18.2 Å². The number of sulfonamides is 1. The molecule has 0 spiro atoms. The lowest BCUT2D eigenvalue weighted by atomic mass is 9.97. The van der Waals surface area contributed by atoms with E-state index >= 15 is 0 Å². The van der Waals surface area contributed by atoms with Crippen LogP contribution in [0.5, 0.6) is 5.75 Å². The summed E-state index contributed by atoms with van der Waals surface area (Å²) in [5.74, 6) is 0.486. The van der Waals surface area contributed by atoms with Crippen molar-refractivity contribution >= 4 is 15.7 Å². The van der Waals surface area contributed by atoms with Crippen molar-refractivity contribution in [3.63, 3.8) is 0 Å². The third-order valence-electron chi connectivity index (χ3n) is 3.94. The Kier molecular flexibility index (Phi) is 5.47. The van der Waals surface area contributed by atoms with E-state index in [2.05, 4.69) is 4.72 Å².